The lowest BCUT2D eigenvalue weighted by Gasteiger charge is -2.06. The summed E-state index contributed by atoms with van der Waals surface area (Å²) < 4.78 is 0. The average molecular weight is 138 g/mol. The molecular weight excluding hydrogens is 124 g/mol. The monoisotopic (exact) mass is 138 g/mol. The van der Waals surface area contributed by atoms with Crippen molar-refractivity contribution in [2.24, 2.45) is 5.73 Å². The Morgan fingerprint density at radius 3 is 2.80 bits per heavy atom. The third-order valence-electron chi connectivity index (χ3n) is 1.84. The molecule has 10 heavy (non-hydrogen) atoms. The molecule has 0 fully saturated rings. The van der Waals surface area contributed by atoms with Gasteiger partial charge in [0.05, 0.1) is 0 Å². The molecule has 0 saturated heterocycles. The standard InChI is InChI=1S/C8H14N2/c1-3-8(9)7-4-5-10-6(7)2/h4-5,8,10H,3,9H2,1-2H3/t8-/m0/s1. The van der Waals surface area contributed by atoms with Crippen molar-refractivity contribution in [1.82, 2.24) is 4.98 Å². The van der Waals surface area contributed by atoms with E-state index in [1.54, 1.807) is 0 Å². The second-order valence-corrected chi connectivity index (χ2v) is 2.57. The van der Waals surface area contributed by atoms with Crippen molar-refractivity contribution in [2.45, 2.75) is 26.3 Å². The summed E-state index contributed by atoms with van der Waals surface area (Å²) in [5.74, 6) is 0. The van der Waals surface area contributed by atoms with Gasteiger partial charge in [-0.05, 0) is 25.0 Å². The molecular formula is C8H14N2. The molecule has 2 heteroatoms. The van der Waals surface area contributed by atoms with Crippen LogP contribution in [0.1, 0.15) is 30.6 Å². The van der Waals surface area contributed by atoms with Gasteiger partial charge >= 0.3 is 0 Å². The van der Waals surface area contributed by atoms with Crippen LogP contribution in [0.25, 0.3) is 0 Å². The predicted octanol–water partition coefficient (Wildman–Crippen LogP) is 1.73. The van der Waals surface area contributed by atoms with Gasteiger partial charge in [0.25, 0.3) is 0 Å². The molecule has 1 aromatic rings. The molecule has 0 saturated carbocycles. The summed E-state index contributed by atoms with van der Waals surface area (Å²) in [6, 6.07) is 2.25. The van der Waals surface area contributed by atoms with Crippen LogP contribution in [0.4, 0.5) is 0 Å². The molecule has 0 aromatic carbocycles. The highest BCUT2D eigenvalue weighted by molar-refractivity contribution is 5.22. The van der Waals surface area contributed by atoms with Crippen LogP contribution < -0.4 is 5.73 Å². The van der Waals surface area contributed by atoms with E-state index in [4.69, 9.17) is 5.73 Å². The number of nitrogens with two attached hydrogens (primary N) is 1. The summed E-state index contributed by atoms with van der Waals surface area (Å²) in [7, 11) is 0. The zero-order chi connectivity index (χ0) is 7.56. The summed E-state index contributed by atoms with van der Waals surface area (Å²) in [6.45, 7) is 4.14. The number of H-pyrrole nitrogens is 1. The molecule has 2 nitrogen and oxygen atoms in total. The Labute approximate surface area is 61.4 Å². The number of aromatic nitrogens is 1. The van der Waals surface area contributed by atoms with E-state index in [0.29, 0.717) is 0 Å². The fourth-order valence-electron chi connectivity index (χ4n) is 1.09. The van der Waals surface area contributed by atoms with Gasteiger partial charge < -0.3 is 10.7 Å². The second-order valence-electron chi connectivity index (χ2n) is 2.57. The zero-order valence-electron chi connectivity index (χ0n) is 6.52. The zero-order valence-corrected chi connectivity index (χ0v) is 6.52. The van der Waals surface area contributed by atoms with Gasteiger partial charge in [-0.25, -0.2) is 0 Å². The molecule has 1 atom stereocenters. The maximum atomic E-state index is 5.82. The SMILES string of the molecule is CC[C@H](N)c1cc[nH]c1C. The number of aromatic amines is 1. The van der Waals surface area contributed by atoms with Gasteiger partial charge in [-0.15, -0.1) is 0 Å². The first kappa shape index (κ1) is 7.35. The van der Waals surface area contributed by atoms with E-state index in [1.807, 2.05) is 19.2 Å². The molecule has 3 N–H and O–H groups in total. The molecule has 56 valence electrons. The van der Waals surface area contributed by atoms with E-state index in [1.165, 1.54) is 11.3 Å². The first-order valence-corrected chi connectivity index (χ1v) is 3.65. The topological polar surface area (TPSA) is 41.8 Å². The van der Waals surface area contributed by atoms with Crippen molar-refractivity contribution in [2.75, 3.05) is 0 Å². The van der Waals surface area contributed by atoms with Crippen molar-refractivity contribution in [1.29, 1.82) is 0 Å². The third kappa shape index (κ3) is 1.21. The van der Waals surface area contributed by atoms with E-state index in [-0.39, 0.29) is 6.04 Å². The Hall–Kier alpha value is -0.760. The van der Waals surface area contributed by atoms with Crippen molar-refractivity contribution >= 4 is 0 Å². The van der Waals surface area contributed by atoms with Crippen molar-refractivity contribution in [3.05, 3.63) is 23.5 Å². The summed E-state index contributed by atoms with van der Waals surface area (Å²) >= 11 is 0. The Bertz CT molecular complexity index is 203. The van der Waals surface area contributed by atoms with Gasteiger partial charge in [-0.1, -0.05) is 6.92 Å². The van der Waals surface area contributed by atoms with Gasteiger partial charge in [0.15, 0.2) is 0 Å². The minimum absolute atomic E-state index is 0.200. The minimum atomic E-state index is 0.200. The molecule has 1 rings (SSSR count). The van der Waals surface area contributed by atoms with Crippen LogP contribution >= 0.6 is 0 Å². The van der Waals surface area contributed by atoms with Crippen LogP contribution in [0.5, 0.6) is 0 Å². The smallest absolute Gasteiger partial charge is 0.0309 e. The molecule has 0 amide bonds. The first-order chi connectivity index (χ1) is 4.75. The molecule has 1 heterocycles. The van der Waals surface area contributed by atoms with E-state index in [9.17, 15) is 0 Å². The van der Waals surface area contributed by atoms with Crippen LogP contribution in [0.2, 0.25) is 0 Å². The quantitative estimate of drug-likeness (QED) is 0.642. The number of rotatable bonds is 2. The van der Waals surface area contributed by atoms with Crippen LogP contribution in [0.3, 0.4) is 0 Å². The Morgan fingerprint density at radius 1 is 1.70 bits per heavy atom. The molecule has 0 bridgehead atoms. The van der Waals surface area contributed by atoms with Crippen LogP contribution in [-0.2, 0) is 0 Å². The highest BCUT2D eigenvalue weighted by atomic mass is 14.7. The van der Waals surface area contributed by atoms with Gasteiger partial charge in [-0.3, -0.25) is 0 Å². The van der Waals surface area contributed by atoms with Gasteiger partial charge in [0.1, 0.15) is 0 Å². The molecule has 0 unspecified atom stereocenters. The molecule has 0 aliphatic heterocycles. The van der Waals surface area contributed by atoms with Gasteiger partial charge in [0.2, 0.25) is 0 Å². The highest BCUT2D eigenvalue weighted by Gasteiger charge is 2.05. The van der Waals surface area contributed by atoms with Crippen LogP contribution in [-0.4, -0.2) is 4.98 Å². The number of hydrogen-bond donors (Lipinski definition) is 2. The summed E-state index contributed by atoms with van der Waals surface area (Å²) in [5.41, 5.74) is 8.25. The maximum absolute atomic E-state index is 5.82. The lowest BCUT2D eigenvalue weighted by atomic mass is 10.1. The second kappa shape index (κ2) is 2.88. The Morgan fingerprint density at radius 2 is 2.40 bits per heavy atom. The summed E-state index contributed by atoms with van der Waals surface area (Å²) in [6.07, 6.45) is 2.93. The summed E-state index contributed by atoms with van der Waals surface area (Å²) in [4.78, 5) is 3.10. The largest absolute Gasteiger partial charge is 0.365 e. The van der Waals surface area contributed by atoms with Crippen molar-refractivity contribution < 1.29 is 0 Å². The third-order valence-corrected chi connectivity index (χ3v) is 1.84. The molecule has 0 spiro atoms. The van der Waals surface area contributed by atoms with Crippen molar-refractivity contribution in [3.63, 3.8) is 0 Å². The lowest BCUT2D eigenvalue weighted by molar-refractivity contribution is 0.694. The molecule has 0 radical (unpaired) electrons. The number of hydrogen-bond acceptors (Lipinski definition) is 1. The van der Waals surface area contributed by atoms with E-state index in [0.717, 1.165) is 6.42 Å². The minimum Gasteiger partial charge on any atom is -0.365 e. The Kier molecular flexibility index (Phi) is 2.12. The molecule has 0 aliphatic carbocycles. The average Bonchev–Trinajstić information content (AvgIpc) is 2.34. The van der Waals surface area contributed by atoms with Crippen LogP contribution in [0.15, 0.2) is 12.3 Å². The van der Waals surface area contributed by atoms with Crippen molar-refractivity contribution in [3.8, 4) is 0 Å². The predicted molar refractivity (Wildman–Crippen MR) is 42.7 cm³/mol. The van der Waals surface area contributed by atoms with E-state index >= 15 is 0 Å². The number of aryl methyl sites for hydroxylation is 1. The van der Waals surface area contributed by atoms with Gasteiger partial charge in [0, 0.05) is 17.9 Å². The van der Waals surface area contributed by atoms with Crippen LogP contribution in [0, 0.1) is 6.92 Å². The van der Waals surface area contributed by atoms with E-state index in [2.05, 4.69) is 11.9 Å². The highest BCUT2D eigenvalue weighted by Crippen LogP contribution is 2.15. The normalized spacial score (nSPS) is 13.5. The molecule has 0 aliphatic rings. The van der Waals surface area contributed by atoms with E-state index < -0.39 is 0 Å². The summed E-state index contributed by atoms with van der Waals surface area (Å²) in [5, 5.41) is 0. The Balaban J connectivity index is 2.82. The first-order valence-electron chi connectivity index (χ1n) is 3.65. The fourth-order valence-corrected chi connectivity index (χ4v) is 1.09. The van der Waals surface area contributed by atoms with Gasteiger partial charge in [-0.2, -0.15) is 0 Å². The maximum Gasteiger partial charge on any atom is 0.0309 e. The lowest BCUT2D eigenvalue weighted by Crippen LogP contribution is -2.08. The fraction of sp³-hybridized carbons (Fsp3) is 0.500. The number of nitrogens with one attached hydrogen (secondary N) is 1. The molecule has 1 aromatic heterocycles.